The van der Waals surface area contributed by atoms with Crippen LogP contribution in [0, 0.1) is 13.8 Å². The first kappa shape index (κ1) is 19.8. The number of carbonyl (C=O) groups is 1. The van der Waals surface area contributed by atoms with Gasteiger partial charge < -0.3 is 14.5 Å². The van der Waals surface area contributed by atoms with Crippen LogP contribution in [-0.4, -0.2) is 43.1 Å². The van der Waals surface area contributed by atoms with Crippen LogP contribution in [-0.2, 0) is 4.79 Å². The Morgan fingerprint density at radius 1 is 1.04 bits per heavy atom. The van der Waals surface area contributed by atoms with Crippen LogP contribution in [0.3, 0.4) is 0 Å². The predicted molar refractivity (Wildman–Crippen MR) is 111 cm³/mol. The van der Waals surface area contributed by atoms with Crippen LogP contribution in [0.25, 0.3) is 0 Å². The van der Waals surface area contributed by atoms with Gasteiger partial charge in [-0.2, -0.15) is 0 Å². The molecule has 0 bridgehead atoms. The molecule has 1 aliphatic heterocycles. The topological polar surface area (TPSA) is 32.8 Å². The van der Waals surface area contributed by atoms with E-state index in [0.717, 1.165) is 39.9 Å². The van der Waals surface area contributed by atoms with Crippen molar-refractivity contribution in [2.24, 2.45) is 0 Å². The van der Waals surface area contributed by atoms with Crippen molar-refractivity contribution >= 4 is 34.8 Å². The van der Waals surface area contributed by atoms with E-state index in [1.165, 1.54) is 0 Å². The van der Waals surface area contributed by atoms with Crippen molar-refractivity contribution < 1.29 is 9.53 Å². The Labute approximate surface area is 170 Å². The van der Waals surface area contributed by atoms with E-state index in [1.54, 1.807) is 6.92 Å². The van der Waals surface area contributed by atoms with Crippen molar-refractivity contribution in [3.63, 3.8) is 0 Å². The van der Waals surface area contributed by atoms with Gasteiger partial charge in [-0.15, -0.1) is 0 Å². The van der Waals surface area contributed by atoms with Crippen molar-refractivity contribution in [1.29, 1.82) is 0 Å². The van der Waals surface area contributed by atoms with Gasteiger partial charge in [0.1, 0.15) is 5.75 Å². The number of hydrogen-bond acceptors (Lipinski definition) is 3. The fourth-order valence-electron chi connectivity index (χ4n) is 3.34. The minimum Gasteiger partial charge on any atom is -0.481 e. The lowest BCUT2D eigenvalue weighted by Gasteiger charge is -2.37. The summed E-state index contributed by atoms with van der Waals surface area (Å²) in [6, 6.07) is 11.5. The molecule has 0 spiro atoms. The summed E-state index contributed by atoms with van der Waals surface area (Å²) in [6.45, 7) is 8.55. The molecule has 1 heterocycles. The molecule has 1 amide bonds. The number of benzene rings is 2. The standard InChI is InChI=1S/C21H24Cl2N2O2/c1-14-11-19(12-15(2)20(14)23)27-16(3)21(26)25-9-7-24(8-10-25)18-6-4-5-17(22)13-18/h4-6,11-13,16H,7-10H2,1-3H3. The van der Waals surface area contributed by atoms with Crippen molar-refractivity contribution in [2.75, 3.05) is 31.1 Å². The van der Waals surface area contributed by atoms with E-state index in [4.69, 9.17) is 27.9 Å². The van der Waals surface area contributed by atoms with E-state index < -0.39 is 6.10 Å². The summed E-state index contributed by atoms with van der Waals surface area (Å²) in [5.41, 5.74) is 2.98. The molecule has 0 N–H and O–H groups in total. The lowest BCUT2D eigenvalue weighted by molar-refractivity contribution is -0.138. The first-order chi connectivity index (χ1) is 12.8. The van der Waals surface area contributed by atoms with Crippen molar-refractivity contribution in [2.45, 2.75) is 26.9 Å². The van der Waals surface area contributed by atoms with Crippen molar-refractivity contribution in [3.05, 3.63) is 57.6 Å². The summed E-state index contributed by atoms with van der Waals surface area (Å²) < 4.78 is 5.89. The SMILES string of the molecule is Cc1cc(OC(C)C(=O)N2CCN(c3cccc(Cl)c3)CC2)cc(C)c1Cl. The number of ether oxygens (including phenoxy) is 1. The normalized spacial score (nSPS) is 15.6. The molecule has 4 nitrogen and oxygen atoms in total. The maximum absolute atomic E-state index is 12.8. The highest BCUT2D eigenvalue weighted by Crippen LogP contribution is 2.27. The lowest BCUT2D eigenvalue weighted by Crippen LogP contribution is -2.52. The maximum Gasteiger partial charge on any atom is 0.263 e. The second kappa shape index (κ2) is 8.41. The second-order valence-electron chi connectivity index (χ2n) is 6.92. The van der Waals surface area contributed by atoms with Crippen LogP contribution in [0.4, 0.5) is 5.69 Å². The number of rotatable bonds is 4. The van der Waals surface area contributed by atoms with Crippen LogP contribution in [0.15, 0.2) is 36.4 Å². The van der Waals surface area contributed by atoms with Gasteiger partial charge in [-0.05, 0) is 62.2 Å². The zero-order valence-electron chi connectivity index (χ0n) is 15.8. The van der Waals surface area contributed by atoms with E-state index in [9.17, 15) is 4.79 Å². The number of aryl methyl sites for hydroxylation is 2. The molecule has 6 heteroatoms. The van der Waals surface area contributed by atoms with E-state index in [1.807, 2.05) is 55.1 Å². The minimum atomic E-state index is -0.539. The first-order valence-corrected chi connectivity index (χ1v) is 9.83. The fourth-order valence-corrected chi connectivity index (χ4v) is 3.64. The Morgan fingerprint density at radius 3 is 2.26 bits per heavy atom. The fraction of sp³-hybridized carbons (Fsp3) is 0.381. The van der Waals surface area contributed by atoms with Gasteiger partial charge in [0.15, 0.2) is 6.10 Å². The largest absolute Gasteiger partial charge is 0.481 e. The van der Waals surface area contributed by atoms with Crippen LogP contribution < -0.4 is 9.64 Å². The molecule has 0 aliphatic carbocycles. The number of anilines is 1. The van der Waals surface area contributed by atoms with Crippen LogP contribution >= 0.6 is 23.2 Å². The molecule has 1 aliphatic rings. The molecular formula is C21H24Cl2N2O2. The Kier molecular flexibility index (Phi) is 6.18. The maximum atomic E-state index is 12.8. The second-order valence-corrected chi connectivity index (χ2v) is 7.74. The van der Waals surface area contributed by atoms with Crippen molar-refractivity contribution in [3.8, 4) is 5.75 Å². The Balaban J connectivity index is 1.58. The summed E-state index contributed by atoms with van der Waals surface area (Å²) >= 11 is 12.3. The molecule has 0 radical (unpaired) electrons. The van der Waals surface area contributed by atoms with Gasteiger partial charge in [0, 0.05) is 41.9 Å². The molecule has 0 aromatic heterocycles. The van der Waals surface area contributed by atoms with Gasteiger partial charge in [-0.25, -0.2) is 0 Å². The summed E-state index contributed by atoms with van der Waals surface area (Å²) in [6.07, 6.45) is -0.539. The summed E-state index contributed by atoms with van der Waals surface area (Å²) in [4.78, 5) is 16.9. The molecule has 1 atom stereocenters. The minimum absolute atomic E-state index is 0.00556. The van der Waals surface area contributed by atoms with E-state index >= 15 is 0 Å². The molecule has 0 saturated carbocycles. The Morgan fingerprint density at radius 2 is 1.67 bits per heavy atom. The third-order valence-electron chi connectivity index (χ3n) is 4.84. The number of halogens is 2. The van der Waals surface area contributed by atoms with E-state index in [0.29, 0.717) is 18.8 Å². The molecule has 2 aromatic rings. The Hall–Kier alpha value is -1.91. The summed E-state index contributed by atoms with van der Waals surface area (Å²) in [7, 11) is 0. The van der Waals surface area contributed by atoms with Gasteiger partial charge in [0.25, 0.3) is 5.91 Å². The van der Waals surface area contributed by atoms with Gasteiger partial charge in [0.2, 0.25) is 0 Å². The van der Waals surface area contributed by atoms with Crippen LogP contribution in [0.1, 0.15) is 18.1 Å². The van der Waals surface area contributed by atoms with Gasteiger partial charge >= 0.3 is 0 Å². The number of hydrogen-bond donors (Lipinski definition) is 0. The highest BCUT2D eigenvalue weighted by Gasteiger charge is 2.26. The summed E-state index contributed by atoms with van der Waals surface area (Å²) in [5, 5.41) is 1.46. The molecule has 1 unspecified atom stereocenters. The molecule has 1 saturated heterocycles. The smallest absolute Gasteiger partial charge is 0.263 e. The van der Waals surface area contributed by atoms with Gasteiger partial charge in [-0.1, -0.05) is 29.3 Å². The lowest BCUT2D eigenvalue weighted by atomic mass is 10.1. The van der Waals surface area contributed by atoms with Gasteiger partial charge in [-0.3, -0.25) is 4.79 Å². The zero-order chi connectivity index (χ0) is 19.6. The highest BCUT2D eigenvalue weighted by molar-refractivity contribution is 6.32. The molecular weight excluding hydrogens is 383 g/mol. The highest BCUT2D eigenvalue weighted by atomic mass is 35.5. The number of amides is 1. The zero-order valence-corrected chi connectivity index (χ0v) is 17.3. The molecule has 27 heavy (non-hydrogen) atoms. The molecule has 3 rings (SSSR count). The van der Waals surface area contributed by atoms with Crippen LogP contribution in [0.2, 0.25) is 10.0 Å². The quantitative estimate of drug-likeness (QED) is 0.735. The third-order valence-corrected chi connectivity index (χ3v) is 5.67. The van der Waals surface area contributed by atoms with E-state index in [2.05, 4.69) is 4.90 Å². The van der Waals surface area contributed by atoms with Crippen LogP contribution in [0.5, 0.6) is 5.75 Å². The monoisotopic (exact) mass is 406 g/mol. The number of nitrogens with zero attached hydrogens (tertiary/aromatic N) is 2. The molecule has 2 aromatic carbocycles. The number of carbonyl (C=O) groups excluding carboxylic acids is 1. The Bertz CT molecular complexity index is 810. The average molecular weight is 407 g/mol. The van der Waals surface area contributed by atoms with E-state index in [-0.39, 0.29) is 5.91 Å². The predicted octanol–water partition coefficient (Wildman–Crippen LogP) is 4.73. The molecule has 144 valence electrons. The third kappa shape index (κ3) is 4.69. The van der Waals surface area contributed by atoms with Gasteiger partial charge in [0.05, 0.1) is 0 Å². The van der Waals surface area contributed by atoms with Crippen molar-refractivity contribution in [1.82, 2.24) is 4.90 Å². The first-order valence-electron chi connectivity index (χ1n) is 9.08. The molecule has 1 fully saturated rings. The average Bonchev–Trinajstić information content (AvgIpc) is 2.65. The number of piperazine rings is 1. The summed E-state index contributed by atoms with van der Waals surface area (Å²) in [5.74, 6) is 0.679.